The van der Waals surface area contributed by atoms with Gasteiger partial charge in [0.1, 0.15) is 11.2 Å². The molecule has 0 fully saturated rings. The fourth-order valence-corrected chi connectivity index (χ4v) is 9.87. The van der Waals surface area contributed by atoms with Gasteiger partial charge in [-0.15, -0.1) is 0 Å². The Balaban J connectivity index is 1.14. The van der Waals surface area contributed by atoms with Crippen molar-refractivity contribution >= 4 is 43.5 Å². The van der Waals surface area contributed by atoms with Crippen LogP contribution in [0.15, 0.2) is 186 Å². The van der Waals surface area contributed by atoms with E-state index in [0.717, 1.165) is 21.9 Å². The molecular formula is C51H30O. The molecule has 52 heavy (non-hydrogen) atoms. The van der Waals surface area contributed by atoms with Crippen molar-refractivity contribution in [2.24, 2.45) is 0 Å². The van der Waals surface area contributed by atoms with Gasteiger partial charge in [0.15, 0.2) is 0 Å². The van der Waals surface area contributed by atoms with E-state index in [1.165, 1.54) is 88.3 Å². The first-order chi connectivity index (χ1) is 25.8. The fraction of sp³-hybridized carbons (Fsp3) is 0.0196. The molecule has 1 heterocycles. The van der Waals surface area contributed by atoms with Crippen molar-refractivity contribution in [3.8, 4) is 44.5 Å². The van der Waals surface area contributed by atoms with Crippen molar-refractivity contribution in [3.05, 3.63) is 204 Å². The minimum absolute atomic E-state index is 0.393. The van der Waals surface area contributed by atoms with Crippen LogP contribution >= 0.6 is 0 Å². The molecule has 9 aromatic carbocycles. The predicted molar refractivity (Wildman–Crippen MR) is 216 cm³/mol. The zero-order chi connectivity index (χ0) is 34.0. The van der Waals surface area contributed by atoms with Gasteiger partial charge in [0.2, 0.25) is 0 Å². The fourth-order valence-electron chi connectivity index (χ4n) is 9.87. The molecule has 0 bridgehead atoms. The van der Waals surface area contributed by atoms with Crippen LogP contribution in [0.5, 0.6) is 0 Å². The van der Waals surface area contributed by atoms with E-state index >= 15 is 0 Å². The zero-order valence-electron chi connectivity index (χ0n) is 28.2. The normalized spacial score (nSPS) is 13.5. The Morgan fingerprint density at radius 3 is 1.33 bits per heavy atom. The van der Waals surface area contributed by atoms with Crippen LogP contribution in [0, 0.1) is 0 Å². The zero-order valence-corrected chi connectivity index (χ0v) is 28.2. The monoisotopic (exact) mass is 658 g/mol. The Labute approximate surface area is 301 Å². The minimum Gasteiger partial charge on any atom is -0.456 e. The highest BCUT2D eigenvalue weighted by molar-refractivity contribution is 6.22. The smallest absolute Gasteiger partial charge is 0.135 e. The molecule has 1 nitrogen and oxygen atoms in total. The highest BCUT2D eigenvalue weighted by atomic mass is 16.3. The van der Waals surface area contributed by atoms with Gasteiger partial charge in [0.25, 0.3) is 0 Å². The highest BCUT2D eigenvalue weighted by Crippen LogP contribution is 2.63. The quantitative estimate of drug-likeness (QED) is 0.169. The number of fused-ring (bicyclic) bond motifs is 15. The number of hydrogen-bond donors (Lipinski definition) is 0. The maximum Gasteiger partial charge on any atom is 0.135 e. The lowest BCUT2D eigenvalue weighted by Crippen LogP contribution is -2.25. The molecule has 0 radical (unpaired) electrons. The van der Waals surface area contributed by atoms with Crippen LogP contribution in [0.4, 0.5) is 0 Å². The van der Waals surface area contributed by atoms with Gasteiger partial charge in [0, 0.05) is 10.8 Å². The van der Waals surface area contributed by atoms with Crippen molar-refractivity contribution in [1.82, 2.24) is 0 Å². The van der Waals surface area contributed by atoms with E-state index in [4.69, 9.17) is 4.42 Å². The summed E-state index contributed by atoms with van der Waals surface area (Å²) in [5, 5.41) is 7.32. The minimum atomic E-state index is -0.393. The number of hydrogen-bond acceptors (Lipinski definition) is 1. The maximum atomic E-state index is 6.80. The lowest BCUT2D eigenvalue weighted by Gasteiger charge is -2.30. The van der Waals surface area contributed by atoms with Gasteiger partial charge in [-0.05, 0) is 113 Å². The molecule has 0 N–H and O–H groups in total. The van der Waals surface area contributed by atoms with Crippen LogP contribution in [0.1, 0.15) is 22.3 Å². The molecule has 0 saturated carbocycles. The van der Waals surface area contributed by atoms with Crippen molar-refractivity contribution in [2.45, 2.75) is 5.41 Å². The van der Waals surface area contributed by atoms with E-state index in [9.17, 15) is 0 Å². The van der Waals surface area contributed by atoms with Crippen LogP contribution in [0.25, 0.3) is 88.0 Å². The second-order valence-corrected chi connectivity index (χ2v) is 14.3. The SMILES string of the molecule is c1ccc(-c2c3ccccc3c(-c3ccc4oc5cc6c(cc5c4c3)-c3ccccc3C63c4ccccc4-c4ccccc43)c3ccccc23)cc1. The lowest BCUT2D eigenvalue weighted by atomic mass is 9.70. The van der Waals surface area contributed by atoms with Gasteiger partial charge in [-0.25, -0.2) is 0 Å². The molecule has 12 rings (SSSR count). The van der Waals surface area contributed by atoms with E-state index in [0.29, 0.717) is 0 Å². The first-order valence-electron chi connectivity index (χ1n) is 18.1. The first kappa shape index (κ1) is 28.0. The van der Waals surface area contributed by atoms with Crippen LogP contribution in [-0.4, -0.2) is 0 Å². The third-order valence-electron chi connectivity index (χ3n) is 11.9. The summed E-state index contributed by atoms with van der Waals surface area (Å²) in [6.45, 7) is 0. The van der Waals surface area contributed by atoms with E-state index in [-0.39, 0.29) is 0 Å². The number of benzene rings is 9. The average Bonchev–Trinajstić information content (AvgIpc) is 3.82. The molecule has 1 spiro atoms. The van der Waals surface area contributed by atoms with Gasteiger partial charge in [0.05, 0.1) is 5.41 Å². The summed E-state index contributed by atoms with van der Waals surface area (Å²) in [4.78, 5) is 0. The Bertz CT molecular complexity index is 3020. The summed E-state index contributed by atoms with van der Waals surface area (Å²) >= 11 is 0. The van der Waals surface area contributed by atoms with Gasteiger partial charge < -0.3 is 4.42 Å². The summed E-state index contributed by atoms with van der Waals surface area (Å²) in [5.41, 5.74) is 16.9. The molecular weight excluding hydrogens is 629 g/mol. The summed E-state index contributed by atoms with van der Waals surface area (Å²) in [5.74, 6) is 0. The standard InChI is InChI=1S/C51H30O/c1-2-14-31(15-3-1)49-36-19-4-6-21-38(36)50(39-22-7-5-20-37(39)49)32-26-27-47-41(28-32)42-29-40-35-18-10-13-25-45(35)51(46(40)30-48(42)52-47)43-23-11-8-16-33(43)34-17-9-12-24-44(34)51/h1-30H. The average molecular weight is 659 g/mol. The van der Waals surface area contributed by atoms with Crippen LogP contribution < -0.4 is 0 Å². The van der Waals surface area contributed by atoms with Gasteiger partial charge >= 0.3 is 0 Å². The molecule has 0 unspecified atom stereocenters. The Morgan fingerprint density at radius 1 is 0.288 bits per heavy atom. The van der Waals surface area contributed by atoms with E-state index in [1.54, 1.807) is 0 Å². The Kier molecular flexibility index (Phi) is 5.49. The molecule has 240 valence electrons. The topological polar surface area (TPSA) is 13.1 Å². The molecule has 10 aromatic rings. The predicted octanol–water partition coefficient (Wildman–Crippen LogP) is 13.6. The molecule has 0 atom stereocenters. The van der Waals surface area contributed by atoms with Gasteiger partial charge in [-0.3, -0.25) is 0 Å². The van der Waals surface area contributed by atoms with Gasteiger partial charge in [-0.1, -0.05) is 158 Å². The second-order valence-electron chi connectivity index (χ2n) is 14.3. The van der Waals surface area contributed by atoms with E-state index in [1.807, 2.05) is 0 Å². The third-order valence-corrected chi connectivity index (χ3v) is 11.9. The highest BCUT2D eigenvalue weighted by Gasteiger charge is 2.51. The van der Waals surface area contributed by atoms with E-state index in [2.05, 4.69) is 182 Å². The van der Waals surface area contributed by atoms with Crippen molar-refractivity contribution < 1.29 is 4.42 Å². The summed E-state index contributed by atoms with van der Waals surface area (Å²) in [6.07, 6.45) is 0. The largest absolute Gasteiger partial charge is 0.456 e. The molecule has 0 aliphatic heterocycles. The Hall–Kier alpha value is -6.70. The van der Waals surface area contributed by atoms with Crippen molar-refractivity contribution in [3.63, 3.8) is 0 Å². The van der Waals surface area contributed by atoms with Crippen LogP contribution in [-0.2, 0) is 5.41 Å². The third kappa shape index (κ3) is 3.48. The summed E-state index contributed by atoms with van der Waals surface area (Å²) < 4.78 is 6.80. The van der Waals surface area contributed by atoms with Crippen molar-refractivity contribution in [1.29, 1.82) is 0 Å². The first-order valence-corrected chi connectivity index (χ1v) is 18.1. The lowest BCUT2D eigenvalue weighted by molar-refractivity contribution is 0.666. The summed E-state index contributed by atoms with van der Waals surface area (Å²) in [6, 6.07) is 67.0. The molecule has 2 aliphatic carbocycles. The van der Waals surface area contributed by atoms with Crippen LogP contribution in [0.2, 0.25) is 0 Å². The van der Waals surface area contributed by atoms with Crippen molar-refractivity contribution in [2.75, 3.05) is 0 Å². The maximum absolute atomic E-state index is 6.80. The molecule has 1 aromatic heterocycles. The molecule has 0 amide bonds. The molecule has 2 aliphatic rings. The number of rotatable bonds is 2. The molecule has 0 saturated heterocycles. The second kappa shape index (κ2) is 10.2. The summed E-state index contributed by atoms with van der Waals surface area (Å²) in [7, 11) is 0. The Morgan fingerprint density at radius 2 is 0.750 bits per heavy atom. The van der Waals surface area contributed by atoms with E-state index < -0.39 is 5.41 Å². The number of furan rings is 1. The molecule has 1 heteroatoms. The van der Waals surface area contributed by atoms with Gasteiger partial charge in [-0.2, -0.15) is 0 Å². The van der Waals surface area contributed by atoms with Crippen LogP contribution in [0.3, 0.4) is 0 Å².